The van der Waals surface area contributed by atoms with Crippen LogP contribution in [-0.4, -0.2) is 28.6 Å². The number of methoxy groups -OCH3 is 1. The molecule has 1 atom stereocenters. The molecule has 1 heterocycles. The summed E-state index contributed by atoms with van der Waals surface area (Å²) in [5, 5.41) is 8.59. The molecule has 5 heteroatoms. The average molecular weight is 238 g/mol. The highest BCUT2D eigenvalue weighted by molar-refractivity contribution is 5.14. The van der Waals surface area contributed by atoms with Crippen LogP contribution in [0, 0.1) is 0 Å². The van der Waals surface area contributed by atoms with Crippen LogP contribution in [0.15, 0.2) is 0 Å². The van der Waals surface area contributed by atoms with E-state index in [1.165, 1.54) is 25.7 Å². The summed E-state index contributed by atoms with van der Waals surface area (Å²) in [6.45, 7) is 2.65. The van der Waals surface area contributed by atoms with Gasteiger partial charge in [0.2, 0.25) is 0 Å². The van der Waals surface area contributed by atoms with Crippen molar-refractivity contribution in [3.05, 3.63) is 11.4 Å². The highest BCUT2D eigenvalue weighted by atomic mass is 16.5. The second-order valence-electron chi connectivity index (χ2n) is 4.72. The fourth-order valence-corrected chi connectivity index (χ4v) is 2.60. The molecule has 1 fully saturated rings. The van der Waals surface area contributed by atoms with Gasteiger partial charge in [0.1, 0.15) is 0 Å². The van der Waals surface area contributed by atoms with Gasteiger partial charge < -0.3 is 10.5 Å². The smallest absolute Gasteiger partial charge is 0.0979 e. The largest absolute Gasteiger partial charge is 0.375 e. The highest BCUT2D eigenvalue weighted by Crippen LogP contribution is 2.32. The summed E-state index contributed by atoms with van der Waals surface area (Å²) in [5.41, 5.74) is 7.73. The summed E-state index contributed by atoms with van der Waals surface area (Å²) < 4.78 is 7.52. The van der Waals surface area contributed by atoms with Crippen molar-refractivity contribution >= 4 is 0 Å². The predicted molar refractivity (Wildman–Crippen MR) is 65.7 cm³/mol. The Morgan fingerprint density at radius 1 is 1.47 bits per heavy atom. The molecular weight excluding hydrogens is 216 g/mol. The van der Waals surface area contributed by atoms with Gasteiger partial charge in [0, 0.05) is 13.5 Å². The lowest BCUT2D eigenvalue weighted by Crippen LogP contribution is -2.15. The van der Waals surface area contributed by atoms with E-state index in [2.05, 4.69) is 15.0 Å². The number of aromatic nitrogens is 3. The zero-order valence-corrected chi connectivity index (χ0v) is 10.7. The van der Waals surface area contributed by atoms with Gasteiger partial charge in [0.15, 0.2) is 0 Å². The Morgan fingerprint density at radius 2 is 2.18 bits per heavy atom. The van der Waals surface area contributed by atoms with E-state index in [4.69, 9.17) is 10.5 Å². The van der Waals surface area contributed by atoms with E-state index in [9.17, 15) is 0 Å². The van der Waals surface area contributed by atoms with E-state index in [0.29, 0.717) is 12.6 Å². The summed E-state index contributed by atoms with van der Waals surface area (Å²) in [6.07, 6.45) is 5.79. The minimum atomic E-state index is 0.0344. The molecule has 1 aliphatic carbocycles. The lowest BCUT2D eigenvalue weighted by Gasteiger charge is -2.17. The van der Waals surface area contributed by atoms with Crippen molar-refractivity contribution in [1.82, 2.24) is 15.0 Å². The average Bonchev–Trinajstić information content (AvgIpc) is 2.96. The van der Waals surface area contributed by atoms with Gasteiger partial charge in [-0.15, -0.1) is 5.10 Å². The summed E-state index contributed by atoms with van der Waals surface area (Å²) in [4.78, 5) is 0. The maximum absolute atomic E-state index is 5.62. The highest BCUT2D eigenvalue weighted by Gasteiger charge is 2.25. The van der Waals surface area contributed by atoms with Crippen LogP contribution in [0.3, 0.4) is 0 Å². The molecular formula is C12H22N4O. The van der Waals surface area contributed by atoms with Crippen molar-refractivity contribution in [1.29, 1.82) is 0 Å². The van der Waals surface area contributed by atoms with E-state index < -0.39 is 0 Å². The number of hydrogen-bond acceptors (Lipinski definition) is 4. The molecule has 1 aromatic heterocycles. The minimum Gasteiger partial charge on any atom is -0.375 e. The first-order valence-corrected chi connectivity index (χ1v) is 6.44. The Bertz CT molecular complexity index is 357. The molecule has 17 heavy (non-hydrogen) atoms. The Hall–Kier alpha value is -0.940. The molecule has 2 N–H and O–H groups in total. The number of nitrogens with zero attached hydrogens (tertiary/aromatic N) is 3. The summed E-state index contributed by atoms with van der Waals surface area (Å²) >= 11 is 0. The minimum absolute atomic E-state index is 0.0344. The third-order valence-corrected chi connectivity index (χ3v) is 3.59. The van der Waals surface area contributed by atoms with E-state index in [1.807, 2.05) is 6.92 Å². The van der Waals surface area contributed by atoms with Gasteiger partial charge in [-0.3, -0.25) is 0 Å². The van der Waals surface area contributed by atoms with Crippen LogP contribution in [-0.2, 0) is 11.2 Å². The molecule has 0 saturated heterocycles. The van der Waals surface area contributed by atoms with Crippen LogP contribution in [0.2, 0.25) is 0 Å². The summed E-state index contributed by atoms with van der Waals surface area (Å²) in [7, 11) is 1.73. The predicted octanol–water partition coefficient (Wildman–Crippen LogP) is 1.60. The van der Waals surface area contributed by atoms with Crippen LogP contribution in [0.25, 0.3) is 0 Å². The second kappa shape index (κ2) is 5.60. The molecule has 0 aromatic carbocycles. The Labute approximate surface area is 102 Å². The first-order valence-electron chi connectivity index (χ1n) is 6.44. The Kier molecular flexibility index (Phi) is 4.12. The van der Waals surface area contributed by atoms with E-state index in [0.717, 1.165) is 17.8 Å². The van der Waals surface area contributed by atoms with E-state index in [-0.39, 0.29) is 6.10 Å². The van der Waals surface area contributed by atoms with Crippen LogP contribution < -0.4 is 5.73 Å². The van der Waals surface area contributed by atoms with Gasteiger partial charge in [-0.05, 0) is 26.3 Å². The van der Waals surface area contributed by atoms with Gasteiger partial charge in [-0.25, -0.2) is 4.68 Å². The van der Waals surface area contributed by atoms with Crippen molar-refractivity contribution < 1.29 is 4.74 Å². The van der Waals surface area contributed by atoms with Gasteiger partial charge >= 0.3 is 0 Å². The zero-order chi connectivity index (χ0) is 12.3. The lowest BCUT2D eigenvalue weighted by molar-refractivity contribution is 0.108. The molecule has 1 aliphatic rings. The van der Waals surface area contributed by atoms with Crippen LogP contribution in [0.4, 0.5) is 0 Å². The van der Waals surface area contributed by atoms with Crippen molar-refractivity contribution in [2.45, 2.75) is 51.2 Å². The standard InChI is InChI=1S/C12H22N4O/c1-9(17-2)12-11(7-8-13)14-15-16(12)10-5-3-4-6-10/h9-10H,3-8,13H2,1-2H3. The first kappa shape index (κ1) is 12.5. The third-order valence-electron chi connectivity index (χ3n) is 3.59. The van der Waals surface area contributed by atoms with Gasteiger partial charge in [-0.2, -0.15) is 0 Å². The zero-order valence-electron chi connectivity index (χ0n) is 10.7. The number of nitrogens with two attached hydrogens (primary N) is 1. The topological polar surface area (TPSA) is 66.0 Å². The van der Waals surface area contributed by atoms with Crippen LogP contribution in [0.1, 0.15) is 56.1 Å². The monoisotopic (exact) mass is 238 g/mol. The Balaban J connectivity index is 2.30. The fourth-order valence-electron chi connectivity index (χ4n) is 2.60. The molecule has 1 unspecified atom stereocenters. The van der Waals surface area contributed by atoms with E-state index >= 15 is 0 Å². The molecule has 96 valence electrons. The summed E-state index contributed by atoms with van der Waals surface area (Å²) in [5.74, 6) is 0. The lowest BCUT2D eigenvalue weighted by atomic mass is 10.1. The van der Waals surface area contributed by atoms with Crippen molar-refractivity contribution in [3.8, 4) is 0 Å². The normalized spacial score (nSPS) is 18.8. The molecule has 0 bridgehead atoms. The molecule has 1 saturated carbocycles. The van der Waals surface area contributed by atoms with Crippen molar-refractivity contribution in [2.75, 3.05) is 13.7 Å². The maximum atomic E-state index is 5.62. The SMILES string of the molecule is COC(C)c1c(CCN)nnn1C1CCCC1. The Morgan fingerprint density at radius 3 is 2.76 bits per heavy atom. The molecule has 0 aliphatic heterocycles. The molecule has 0 radical (unpaired) electrons. The summed E-state index contributed by atoms with van der Waals surface area (Å²) in [6, 6.07) is 0.502. The molecule has 5 nitrogen and oxygen atoms in total. The fraction of sp³-hybridized carbons (Fsp3) is 0.833. The maximum Gasteiger partial charge on any atom is 0.0979 e. The number of hydrogen-bond donors (Lipinski definition) is 1. The van der Waals surface area contributed by atoms with Gasteiger partial charge in [0.25, 0.3) is 0 Å². The van der Waals surface area contributed by atoms with Crippen LogP contribution >= 0.6 is 0 Å². The third kappa shape index (κ3) is 2.50. The molecule has 1 aromatic rings. The van der Waals surface area contributed by atoms with Gasteiger partial charge in [0.05, 0.1) is 23.5 Å². The van der Waals surface area contributed by atoms with E-state index in [1.54, 1.807) is 7.11 Å². The number of rotatable bonds is 5. The molecule has 0 spiro atoms. The quantitative estimate of drug-likeness (QED) is 0.846. The van der Waals surface area contributed by atoms with Crippen molar-refractivity contribution in [2.24, 2.45) is 5.73 Å². The first-order chi connectivity index (χ1) is 8.27. The molecule has 0 amide bonds. The van der Waals surface area contributed by atoms with Crippen molar-refractivity contribution in [3.63, 3.8) is 0 Å². The number of ether oxygens (including phenoxy) is 1. The molecule has 2 rings (SSSR count). The van der Waals surface area contributed by atoms with Gasteiger partial charge in [-0.1, -0.05) is 18.1 Å². The van der Waals surface area contributed by atoms with Crippen LogP contribution in [0.5, 0.6) is 0 Å². The second-order valence-corrected chi connectivity index (χ2v) is 4.72.